The van der Waals surface area contributed by atoms with Gasteiger partial charge in [-0.2, -0.15) is 0 Å². The van der Waals surface area contributed by atoms with Crippen LogP contribution in [0.2, 0.25) is 0 Å². The fourth-order valence-corrected chi connectivity index (χ4v) is 10.1. The maximum atomic E-state index is 6.39. The van der Waals surface area contributed by atoms with Crippen molar-refractivity contribution < 1.29 is 4.42 Å². The van der Waals surface area contributed by atoms with Gasteiger partial charge in [0.15, 0.2) is 0 Å². The fraction of sp³-hybridized carbons (Fsp3) is 0. The van der Waals surface area contributed by atoms with Crippen LogP contribution in [-0.4, -0.2) is 4.57 Å². The molecule has 3 heteroatoms. The van der Waals surface area contributed by atoms with E-state index in [1.807, 2.05) is 12.1 Å². The summed E-state index contributed by atoms with van der Waals surface area (Å²) in [7, 11) is 0. The van der Waals surface area contributed by atoms with E-state index in [1.165, 1.54) is 60.1 Å². The maximum Gasteiger partial charge on any atom is 0.137 e. The Morgan fingerprint density at radius 3 is 1.72 bits per heavy atom. The Labute approximate surface area is 376 Å². The van der Waals surface area contributed by atoms with Crippen molar-refractivity contribution in [3.8, 4) is 39.1 Å². The summed E-state index contributed by atoms with van der Waals surface area (Å²) in [6, 6.07) is 87.8. The van der Waals surface area contributed by atoms with Crippen molar-refractivity contribution in [2.24, 2.45) is 0 Å². The van der Waals surface area contributed by atoms with E-state index in [2.05, 4.69) is 240 Å². The molecule has 0 amide bonds. The number of rotatable bonds is 7. The first-order valence-electron chi connectivity index (χ1n) is 22.2. The number of benzene rings is 11. The molecular formula is C62H40N2O. The van der Waals surface area contributed by atoms with Gasteiger partial charge in [-0.3, -0.25) is 0 Å². The van der Waals surface area contributed by atoms with Crippen LogP contribution in [-0.2, 0) is 0 Å². The molecule has 0 saturated carbocycles. The van der Waals surface area contributed by atoms with Crippen LogP contribution in [0.25, 0.3) is 104 Å². The van der Waals surface area contributed by atoms with E-state index >= 15 is 0 Å². The lowest BCUT2D eigenvalue weighted by Crippen LogP contribution is -2.10. The molecule has 2 heterocycles. The summed E-state index contributed by atoms with van der Waals surface area (Å²) in [4.78, 5) is 2.38. The minimum atomic E-state index is 0.884. The van der Waals surface area contributed by atoms with E-state index in [-0.39, 0.29) is 0 Å². The van der Waals surface area contributed by atoms with E-state index in [1.54, 1.807) is 0 Å². The first-order chi connectivity index (χ1) is 32.2. The van der Waals surface area contributed by atoms with Crippen LogP contribution in [0.4, 0.5) is 17.1 Å². The summed E-state index contributed by atoms with van der Waals surface area (Å²) in [5.74, 6) is 0. The van der Waals surface area contributed by atoms with Crippen LogP contribution in [0.5, 0.6) is 0 Å². The van der Waals surface area contributed by atoms with Gasteiger partial charge in [-0.25, -0.2) is 0 Å². The van der Waals surface area contributed by atoms with Gasteiger partial charge in [-0.15, -0.1) is 0 Å². The summed E-state index contributed by atoms with van der Waals surface area (Å²) in [6.45, 7) is 0. The number of anilines is 3. The average molecular weight is 829 g/mol. The van der Waals surface area contributed by atoms with Crippen LogP contribution in [0.1, 0.15) is 0 Å². The highest BCUT2D eigenvalue weighted by Gasteiger charge is 2.19. The van der Waals surface area contributed by atoms with Crippen molar-refractivity contribution in [2.75, 3.05) is 4.90 Å². The predicted molar refractivity (Wildman–Crippen MR) is 274 cm³/mol. The molecule has 11 aromatic carbocycles. The second kappa shape index (κ2) is 15.0. The lowest BCUT2D eigenvalue weighted by molar-refractivity contribution is 0.668. The van der Waals surface area contributed by atoms with Crippen LogP contribution in [0, 0.1) is 0 Å². The van der Waals surface area contributed by atoms with Crippen LogP contribution < -0.4 is 4.90 Å². The van der Waals surface area contributed by atoms with Gasteiger partial charge in [0.1, 0.15) is 11.2 Å². The molecule has 0 aliphatic carbocycles. The van der Waals surface area contributed by atoms with Crippen molar-refractivity contribution in [3.05, 3.63) is 243 Å². The molecule has 0 aliphatic rings. The molecule has 3 nitrogen and oxygen atoms in total. The van der Waals surface area contributed by atoms with E-state index in [9.17, 15) is 0 Å². The number of hydrogen-bond donors (Lipinski definition) is 0. The largest absolute Gasteiger partial charge is 0.456 e. The number of hydrogen-bond acceptors (Lipinski definition) is 2. The van der Waals surface area contributed by atoms with Gasteiger partial charge in [0.2, 0.25) is 0 Å². The molecule has 0 bridgehead atoms. The Bertz CT molecular complexity index is 3930. The molecule has 304 valence electrons. The zero-order valence-corrected chi connectivity index (χ0v) is 35.4. The number of aromatic nitrogens is 1. The van der Waals surface area contributed by atoms with Gasteiger partial charge in [-0.05, 0) is 128 Å². The highest BCUT2D eigenvalue weighted by Crippen LogP contribution is 2.43. The average Bonchev–Trinajstić information content (AvgIpc) is 3.92. The molecule has 0 radical (unpaired) electrons. The second-order valence-electron chi connectivity index (χ2n) is 16.9. The van der Waals surface area contributed by atoms with Gasteiger partial charge < -0.3 is 13.9 Å². The fourth-order valence-electron chi connectivity index (χ4n) is 10.1. The van der Waals surface area contributed by atoms with E-state index < -0.39 is 0 Å². The smallest absolute Gasteiger partial charge is 0.137 e. The number of para-hydroxylation sites is 2. The third-order valence-electron chi connectivity index (χ3n) is 13.2. The molecule has 0 saturated heterocycles. The zero-order valence-electron chi connectivity index (χ0n) is 35.4. The van der Waals surface area contributed by atoms with Crippen molar-refractivity contribution in [3.63, 3.8) is 0 Å². The Balaban J connectivity index is 0.929. The Kier molecular flexibility index (Phi) is 8.53. The van der Waals surface area contributed by atoms with Gasteiger partial charge in [0, 0.05) is 50.4 Å². The quantitative estimate of drug-likeness (QED) is 0.149. The minimum Gasteiger partial charge on any atom is -0.456 e. The lowest BCUT2D eigenvalue weighted by atomic mass is 9.97. The molecule has 2 aromatic heterocycles. The SMILES string of the molecule is c1ccc(-c2ccc(N(c3ccc(-c4ccc5c(ccc6ccccc65)c4)cc3)c3cccc(-c4cccc5c4c4ccccc4n5-c4ccc5c(c4)oc4ccccc45)c3)cc2)cc1. The first kappa shape index (κ1) is 36.9. The molecule has 0 fully saturated rings. The molecular weight excluding hydrogens is 789 g/mol. The van der Waals surface area contributed by atoms with Crippen molar-refractivity contribution in [2.45, 2.75) is 0 Å². The third kappa shape index (κ3) is 6.20. The third-order valence-corrected chi connectivity index (χ3v) is 13.2. The first-order valence-corrected chi connectivity index (χ1v) is 22.2. The van der Waals surface area contributed by atoms with E-state index in [0.29, 0.717) is 0 Å². The summed E-state index contributed by atoms with van der Waals surface area (Å²) in [5.41, 5.74) is 15.5. The summed E-state index contributed by atoms with van der Waals surface area (Å²) in [6.07, 6.45) is 0. The number of fused-ring (bicyclic) bond motifs is 9. The Morgan fingerprint density at radius 2 is 0.892 bits per heavy atom. The molecule has 0 atom stereocenters. The zero-order chi connectivity index (χ0) is 42.8. The molecule has 13 aromatic rings. The van der Waals surface area contributed by atoms with Gasteiger partial charge in [0.05, 0.1) is 11.0 Å². The highest BCUT2D eigenvalue weighted by atomic mass is 16.3. The predicted octanol–water partition coefficient (Wildman–Crippen LogP) is 17.5. The molecule has 0 N–H and O–H groups in total. The molecule has 0 unspecified atom stereocenters. The monoisotopic (exact) mass is 828 g/mol. The van der Waals surface area contributed by atoms with Crippen LogP contribution >= 0.6 is 0 Å². The summed E-state index contributed by atoms with van der Waals surface area (Å²) >= 11 is 0. The van der Waals surface area contributed by atoms with Gasteiger partial charge >= 0.3 is 0 Å². The normalized spacial score (nSPS) is 11.7. The standard InChI is InChI=1S/C62H40N2O/c1-2-12-41(13-3-1)42-26-31-48(32-27-42)63(49-33-28-43(29-34-49)45-30-36-53-47(38-45)25-24-44-14-4-5-17-52(44)53)50-16-10-15-46(39-50)54-20-11-22-59-62(54)57-19-6-8-21-58(57)64(59)51-35-37-56-55-18-7-9-23-60(55)65-61(56)40-51/h1-40H. The molecule has 65 heavy (non-hydrogen) atoms. The van der Waals surface area contributed by atoms with Gasteiger partial charge in [0.25, 0.3) is 0 Å². The Hall–Kier alpha value is -8.66. The number of furan rings is 1. The van der Waals surface area contributed by atoms with Crippen LogP contribution in [0.15, 0.2) is 247 Å². The van der Waals surface area contributed by atoms with Crippen molar-refractivity contribution in [1.29, 1.82) is 0 Å². The Morgan fingerprint density at radius 1 is 0.308 bits per heavy atom. The molecule has 0 aliphatic heterocycles. The maximum absolute atomic E-state index is 6.39. The van der Waals surface area contributed by atoms with E-state index in [4.69, 9.17) is 4.42 Å². The van der Waals surface area contributed by atoms with E-state index in [0.717, 1.165) is 61.3 Å². The van der Waals surface area contributed by atoms with Gasteiger partial charge in [-0.1, -0.05) is 164 Å². The lowest BCUT2D eigenvalue weighted by Gasteiger charge is -2.26. The highest BCUT2D eigenvalue weighted by molar-refractivity contribution is 6.16. The minimum absolute atomic E-state index is 0.884. The molecule has 13 rings (SSSR count). The topological polar surface area (TPSA) is 21.3 Å². The van der Waals surface area contributed by atoms with Crippen molar-refractivity contribution in [1.82, 2.24) is 4.57 Å². The molecule has 0 spiro atoms. The van der Waals surface area contributed by atoms with Crippen molar-refractivity contribution >= 4 is 82.4 Å². The number of nitrogens with zero attached hydrogens (tertiary/aromatic N) is 2. The summed E-state index contributed by atoms with van der Waals surface area (Å²) in [5, 5.41) is 9.75. The summed E-state index contributed by atoms with van der Waals surface area (Å²) < 4.78 is 8.76. The van der Waals surface area contributed by atoms with Crippen LogP contribution in [0.3, 0.4) is 0 Å². The second-order valence-corrected chi connectivity index (χ2v) is 16.9.